The summed E-state index contributed by atoms with van der Waals surface area (Å²) in [5, 5.41) is 0. The maximum atomic E-state index is 6.35. The van der Waals surface area contributed by atoms with E-state index in [1.165, 1.54) is 0 Å². The van der Waals surface area contributed by atoms with Gasteiger partial charge in [-0.3, -0.25) is 0 Å². The molecule has 0 radical (unpaired) electrons. The van der Waals surface area contributed by atoms with Crippen LogP contribution in [0, 0.1) is 0 Å². The van der Waals surface area contributed by atoms with Gasteiger partial charge in [-0.25, -0.2) is 0 Å². The van der Waals surface area contributed by atoms with Gasteiger partial charge in [0.15, 0.2) is 0 Å². The lowest BCUT2D eigenvalue weighted by atomic mass is 10.0. The molecule has 0 unspecified atom stereocenters. The lowest BCUT2D eigenvalue weighted by Crippen LogP contribution is -1.92. The van der Waals surface area contributed by atoms with E-state index >= 15 is 0 Å². The van der Waals surface area contributed by atoms with Gasteiger partial charge in [0.1, 0.15) is 0 Å². The van der Waals surface area contributed by atoms with Crippen molar-refractivity contribution < 1.29 is 0 Å². The first-order chi connectivity index (χ1) is 10.8. The molecule has 22 heavy (non-hydrogen) atoms. The van der Waals surface area contributed by atoms with E-state index in [0.29, 0.717) is 0 Å². The van der Waals surface area contributed by atoms with Crippen LogP contribution in [0.15, 0.2) is 82.6 Å². The summed E-state index contributed by atoms with van der Waals surface area (Å²) in [6, 6.07) is 24.2. The standard InChI is InChI=1S/C18H16N2S2/c19-15-10-4-5-11-16(15)21-22-17-12-6-9-14(18(17)20)13-7-2-1-3-8-13/h1-12H,19-20H2. The highest BCUT2D eigenvalue weighted by Gasteiger charge is 2.09. The van der Waals surface area contributed by atoms with Gasteiger partial charge in [-0.05, 0) is 23.8 Å². The Morgan fingerprint density at radius 1 is 0.591 bits per heavy atom. The number of nitrogen functional groups attached to an aromatic ring is 2. The van der Waals surface area contributed by atoms with Gasteiger partial charge in [0.2, 0.25) is 0 Å². The van der Waals surface area contributed by atoms with Crippen molar-refractivity contribution in [3.63, 3.8) is 0 Å². The van der Waals surface area contributed by atoms with Crippen molar-refractivity contribution in [2.45, 2.75) is 9.79 Å². The number of benzene rings is 3. The summed E-state index contributed by atoms with van der Waals surface area (Å²) in [4.78, 5) is 2.10. The Kier molecular flexibility index (Phi) is 4.61. The van der Waals surface area contributed by atoms with Crippen LogP contribution >= 0.6 is 21.6 Å². The Morgan fingerprint density at radius 3 is 2.00 bits per heavy atom. The van der Waals surface area contributed by atoms with E-state index in [0.717, 1.165) is 32.3 Å². The molecule has 3 aromatic rings. The zero-order valence-corrected chi connectivity index (χ0v) is 13.5. The highest BCUT2D eigenvalue weighted by atomic mass is 33.1. The van der Waals surface area contributed by atoms with Crippen LogP contribution in [0.1, 0.15) is 0 Å². The fourth-order valence-electron chi connectivity index (χ4n) is 2.13. The number of nitrogens with two attached hydrogens (primary N) is 2. The molecule has 0 fully saturated rings. The largest absolute Gasteiger partial charge is 0.398 e. The number of para-hydroxylation sites is 2. The molecule has 0 aliphatic rings. The summed E-state index contributed by atoms with van der Waals surface area (Å²) in [5.41, 5.74) is 16.1. The molecule has 0 atom stereocenters. The predicted octanol–water partition coefficient (Wildman–Crippen LogP) is 5.32. The molecule has 4 N–H and O–H groups in total. The zero-order valence-electron chi connectivity index (χ0n) is 11.9. The van der Waals surface area contributed by atoms with Crippen LogP contribution in [0.3, 0.4) is 0 Å². The maximum Gasteiger partial charge on any atom is 0.0540 e. The summed E-state index contributed by atoms with van der Waals surface area (Å²) in [7, 11) is 3.26. The average Bonchev–Trinajstić information content (AvgIpc) is 2.56. The molecule has 0 aromatic heterocycles. The minimum absolute atomic E-state index is 0.790. The Morgan fingerprint density at radius 2 is 1.23 bits per heavy atom. The Balaban J connectivity index is 1.85. The van der Waals surface area contributed by atoms with Crippen LogP contribution in [-0.4, -0.2) is 0 Å². The van der Waals surface area contributed by atoms with E-state index in [1.54, 1.807) is 21.6 Å². The van der Waals surface area contributed by atoms with Crippen molar-refractivity contribution >= 4 is 33.0 Å². The van der Waals surface area contributed by atoms with Gasteiger partial charge >= 0.3 is 0 Å². The SMILES string of the molecule is Nc1ccccc1SSc1cccc(-c2ccccc2)c1N. The molecule has 0 spiro atoms. The molecule has 2 nitrogen and oxygen atoms in total. The summed E-state index contributed by atoms with van der Waals surface area (Å²) >= 11 is 0. The fourth-order valence-corrected chi connectivity index (χ4v) is 4.37. The van der Waals surface area contributed by atoms with Crippen LogP contribution in [0.5, 0.6) is 0 Å². The molecular formula is C18H16N2S2. The third-order valence-electron chi connectivity index (χ3n) is 3.29. The van der Waals surface area contributed by atoms with Crippen molar-refractivity contribution in [3.8, 4) is 11.1 Å². The summed E-state index contributed by atoms with van der Waals surface area (Å²) in [5.74, 6) is 0. The van der Waals surface area contributed by atoms with Crippen LogP contribution in [0.4, 0.5) is 11.4 Å². The van der Waals surface area contributed by atoms with Gasteiger partial charge in [-0.2, -0.15) is 0 Å². The van der Waals surface area contributed by atoms with Crippen LogP contribution < -0.4 is 11.5 Å². The highest BCUT2D eigenvalue weighted by molar-refractivity contribution is 8.76. The molecule has 3 aromatic carbocycles. The van der Waals surface area contributed by atoms with E-state index in [2.05, 4.69) is 18.2 Å². The van der Waals surface area contributed by atoms with E-state index < -0.39 is 0 Å². The average molecular weight is 324 g/mol. The molecule has 0 saturated heterocycles. The van der Waals surface area contributed by atoms with E-state index in [9.17, 15) is 0 Å². The van der Waals surface area contributed by atoms with E-state index in [4.69, 9.17) is 11.5 Å². The van der Waals surface area contributed by atoms with Crippen molar-refractivity contribution in [3.05, 3.63) is 72.8 Å². The van der Waals surface area contributed by atoms with Gasteiger partial charge in [0.25, 0.3) is 0 Å². The summed E-state index contributed by atoms with van der Waals surface area (Å²) in [6.45, 7) is 0. The van der Waals surface area contributed by atoms with Crippen molar-refractivity contribution in [1.29, 1.82) is 0 Å². The highest BCUT2D eigenvalue weighted by Crippen LogP contribution is 2.44. The van der Waals surface area contributed by atoms with Crippen LogP contribution in [0.2, 0.25) is 0 Å². The molecule has 110 valence electrons. The number of hydrogen-bond acceptors (Lipinski definition) is 4. The third-order valence-corrected chi connectivity index (χ3v) is 5.79. The second-order valence-corrected chi connectivity index (χ2v) is 7.00. The Hall–Kier alpha value is -2.04. The Bertz CT molecular complexity index is 773. The molecular weight excluding hydrogens is 308 g/mol. The van der Waals surface area contributed by atoms with Crippen molar-refractivity contribution in [2.75, 3.05) is 11.5 Å². The van der Waals surface area contributed by atoms with Gasteiger partial charge in [0.05, 0.1) is 5.69 Å². The molecule has 0 aliphatic carbocycles. The fraction of sp³-hybridized carbons (Fsp3) is 0. The van der Waals surface area contributed by atoms with Gasteiger partial charge in [-0.15, -0.1) is 0 Å². The topological polar surface area (TPSA) is 52.0 Å². The Labute approximate surface area is 138 Å². The normalized spacial score (nSPS) is 10.5. The van der Waals surface area contributed by atoms with Crippen molar-refractivity contribution in [2.24, 2.45) is 0 Å². The van der Waals surface area contributed by atoms with Crippen LogP contribution in [-0.2, 0) is 0 Å². The number of anilines is 2. The van der Waals surface area contributed by atoms with Gasteiger partial charge < -0.3 is 11.5 Å². The van der Waals surface area contributed by atoms with Crippen molar-refractivity contribution in [1.82, 2.24) is 0 Å². The lowest BCUT2D eigenvalue weighted by molar-refractivity contribution is 1.46. The van der Waals surface area contributed by atoms with Gasteiger partial charge in [-0.1, -0.05) is 76.2 Å². The molecule has 4 heteroatoms. The quantitative estimate of drug-likeness (QED) is 0.504. The second kappa shape index (κ2) is 6.81. The predicted molar refractivity (Wildman–Crippen MR) is 98.9 cm³/mol. The molecule has 0 bridgehead atoms. The number of hydrogen-bond donors (Lipinski definition) is 2. The van der Waals surface area contributed by atoms with E-state index in [-0.39, 0.29) is 0 Å². The smallest absolute Gasteiger partial charge is 0.0540 e. The molecule has 0 saturated carbocycles. The summed E-state index contributed by atoms with van der Waals surface area (Å²) < 4.78 is 0. The minimum Gasteiger partial charge on any atom is -0.398 e. The maximum absolute atomic E-state index is 6.35. The third kappa shape index (κ3) is 3.24. The lowest BCUT2D eigenvalue weighted by Gasteiger charge is -2.11. The molecule has 0 heterocycles. The van der Waals surface area contributed by atoms with Gasteiger partial charge in [0, 0.05) is 21.0 Å². The molecule has 0 amide bonds. The first-order valence-electron chi connectivity index (χ1n) is 6.88. The first-order valence-corrected chi connectivity index (χ1v) is 9.03. The monoisotopic (exact) mass is 324 g/mol. The van der Waals surface area contributed by atoms with Crippen LogP contribution in [0.25, 0.3) is 11.1 Å². The molecule has 0 aliphatic heterocycles. The minimum atomic E-state index is 0.790. The molecule has 3 rings (SSSR count). The second-order valence-electron chi connectivity index (χ2n) is 4.79. The van der Waals surface area contributed by atoms with E-state index in [1.807, 2.05) is 54.6 Å². The first kappa shape index (κ1) is 14.9. The number of rotatable bonds is 4. The summed E-state index contributed by atoms with van der Waals surface area (Å²) in [6.07, 6.45) is 0. The zero-order chi connectivity index (χ0) is 15.4.